The summed E-state index contributed by atoms with van der Waals surface area (Å²) in [6.07, 6.45) is 0.600. The standard InChI is InChI=1S/C24H23ClN2O4S/c1-30-20-13-17-12-18(25)8-9-19(17)26-22(20)32-21(15-6-4-3-5-7-15)23(28)27-11-10-16(14-27)24(29)31-2/h3-9,12-13,16,21H,10-11,14H2,1-2H3/t16-,21?/m0/s1. The molecule has 1 saturated heterocycles. The number of pyridine rings is 1. The molecule has 6 nitrogen and oxygen atoms in total. The fourth-order valence-electron chi connectivity index (χ4n) is 3.83. The average molecular weight is 471 g/mol. The van der Waals surface area contributed by atoms with E-state index < -0.39 is 5.25 Å². The summed E-state index contributed by atoms with van der Waals surface area (Å²) < 4.78 is 10.5. The maximum atomic E-state index is 13.6. The van der Waals surface area contributed by atoms with Gasteiger partial charge >= 0.3 is 5.97 Å². The van der Waals surface area contributed by atoms with Crippen LogP contribution >= 0.6 is 23.4 Å². The van der Waals surface area contributed by atoms with Gasteiger partial charge < -0.3 is 14.4 Å². The third-order valence-corrected chi connectivity index (χ3v) is 6.98. The van der Waals surface area contributed by atoms with Gasteiger partial charge in [0.1, 0.15) is 10.3 Å². The summed E-state index contributed by atoms with van der Waals surface area (Å²) in [6.45, 7) is 0.874. The topological polar surface area (TPSA) is 68.7 Å². The number of carbonyl (C=O) groups is 2. The first-order valence-corrected chi connectivity index (χ1v) is 11.5. The van der Waals surface area contributed by atoms with Gasteiger partial charge in [-0.25, -0.2) is 4.98 Å². The lowest BCUT2D eigenvalue weighted by molar-refractivity contribution is -0.145. The SMILES string of the molecule is COC(=O)[C@H]1CCN(C(=O)C(Sc2nc3ccc(Cl)cc3cc2OC)c2ccccc2)C1. The molecule has 8 heteroatoms. The average Bonchev–Trinajstić information content (AvgIpc) is 3.32. The molecule has 0 spiro atoms. The van der Waals surface area contributed by atoms with E-state index in [0.29, 0.717) is 35.3 Å². The molecule has 1 amide bonds. The Bertz CT molecular complexity index is 1140. The van der Waals surface area contributed by atoms with E-state index in [2.05, 4.69) is 0 Å². The number of halogens is 1. The number of thioether (sulfide) groups is 1. The molecule has 1 aliphatic rings. The van der Waals surface area contributed by atoms with E-state index in [4.69, 9.17) is 26.1 Å². The smallest absolute Gasteiger partial charge is 0.310 e. The first-order valence-electron chi connectivity index (χ1n) is 10.2. The van der Waals surface area contributed by atoms with Crippen LogP contribution < -0.4 is 4.74 Å². The van der Waals surface area contributed by atoms with Crippen LogP contribution in [0.3, 0.4) is 0 Å². The zero-order chi connectivity index (χ0) is 22.7. The highest BCUT2D eigenvalue weighted by atomic mass is 35.5. The summed E-state index contributed by atoms with van der Waals surface area (Å²) in [7, 11) is 2.96. The second-order valence-corrected chi connectivity index (χ2v) is 9.06. The van der Waals surface area contributed by atoms with Crippen LogP contribution in [0.15, 0.2) is 59.6 Å². The largest absolute Gasteiger partial charge is 0.494 e. The van der Waals surface area contributed by atoms with E-state index in [0.717, 1.165) is 16.5 Å². The van der Waals surface area contributed by atoms with Gasteiger partial charge in [-0.05, 0) is 36.2 Å². The van der Waals surface area contributed by atoms with Gasteiger partial charge in [-0.3, -0.25) is 9.59 Å². The summed E-state index contributed by atoms with van der Waals surface area (Å²) >= 11 is 7.47. The van der Waals surface area contributed by atoms with E-state index in [1.54, 1.807) is 18.1 Å². The minimum atomic E-state index is -0.529. The van der Waals surface area contributed by atoms with Crippen molar-refractivity contribution in [2.75, 3.05) is 27.3 Å². The fraction of sp³-hybridized carbons (Fsp3) is 0.292. The lowest BCUT2D eigenvalue weighted by atomic mass is 10.1. The monoisotopic (exact) mass is 470 g/mol. The summed E-state index contributed by atoms with van der Waals surface area (Å²) in [5.41, 5.74) is 1.63. The van der Waals surface area contributed by atoms with Gasteiger partial charge in [-0.1, -0.05) is 53.7 Å². The van der Waals surface area contributed by atoms with Crippen LogP contribution in [0, 0.1) is 5.92 Å². The van der Waals surface area contributed by atoms with E-state index >= 15 is 0 Å². The Kier molecular flexibility index (Phi) is 6.86. The van der Waals surface area contributed by atoms with Crippen molar-refractivity contribution in [2.45, 2.75) is 16.7 Å². The molecule has 1 aromatic heterocycles. The number of ether oxygens (including phenoxy) is 2. The molecular formula is C24H23ClN2O4S. The summed E-state index contributed by atoms with van der Waals surface area (Å²) in [4.78, 5) is 32.0. The number of carbonyl (C=O) groups excluding carboxylic acids is 2. The Hall–Kier alpha value is -2.77. The Labute approximate surface area is 195 Å². The molecule has 0 aliphatic carbocycles. The van der Waals surface area contributed by atoms with Crippen molar-refractivity contribution in [2.24, 2.45) is 5.92 Å². The number of benzene rings is 2. The molecule has 0 saturated carbocycles. The van der Waals surface area contributed by atoms with Crippen LogP contribution in [0.2, 0.25) is 5.02 Å². The minimum absolute atomic E-state index is 0.0624. The lowest BCUT2D eigenvalue weighted by Crippen LogP contribution is -2.33. The molecule has 1 unspecified atom stereocenters. The Balaban J connectivity index is 1.67. The number of aromatic nitrogens is 1. The number of hydrogen-bond donors (Lipinski definition) is 0. The van der Waals surface area contributed by atoms with E-state index in [1.807, 2.05) is 48.5 Å². The van der Waals surface area contributed by atoms with Crippen LogP contribution in [-0.2, 0) is 14.3 Å². The van der Waals surface area contributed by atoms with Gasteiger partial charge in [0.25, 0.3) is 0 Å². The molecule has 0 radical (unpaired) electrons. The molecule has 3 aromatic rings. The molecule has 0 bridgehead atoms. The van der Waals surface area contributed by atoms with Crippen molar-refractivity contribution in [3.63, 3.8) is 0 Å². The van der Waals surface area contributed by atoms with Crippen LogP contribution in [0.4, 0.5) is 0 Å². The molecule has 4 rings (SSSR count). The predicted octanol–water partition coefficient (Wildman–Crippen LogP) is 4.75. The number of esters is 1. The second-order valence-electron chi connectivity index (χ2n) is 7.53. The zero-order valence-electron chi connectivity index (χ0n) is 17.8. The number of amides is 1. The van der Waals surface area contributed by atoms with Gasteiger partial charge in [0.15, 0.2) is 5.75 Å². The third-order valence-electron chi connectivity index (χ3n) is 5.52. The van der Waals surface area contributed by atoms with Crippen molar-refractivity contribution in [1.82, 2.24) is 9.88 Å². The van der Waals surface area contributed by atoms with Crippen molar-refractivity contribution in [3.05, 3.63) is 65.2 Å². The summed E-state index contributed by atoms with van der Waals surface area (Å²) in [5.74, 6) is -0.0517. The lowest BCUT2D eigenvalue weighted by Gasteiger charge is -2.24. The number of methoxy groups -OCH3 is 2. The van der Waals surface area contributed by atoms with E-state index in [1.165, 1.54) is 18.9 Å². The van der Waals surface area contributed by atoms with Crippen molar-refractivity contribution in [1.29, 1.82) is 0 Å². The van der Waals surface area contributed by atoms with Gasteiger partial charge in [0.05, 0.1) is 25.7 Å². The van der Waals surface area contributed by atoms with E-state index in [9.17, 15) is 9.59 Å². The number of rotatable bonds is 6. The molecule has 1 aliphatic heterocycles. The van der Waals surface area contributed by atoms with Gasteiger partial charge in [-0.15, -0.1) is 0 Å². The first-order chi connectivity index (χ1) is 15.5. The number of likely N-dealkylation sites (tertiary alicyclic amines) is 1. The van der Waals surface area contributed by atoms with Crippen molar-refractivity contribution < 1.29 is 19.1 Å². The molecule has 0 N–H and O–H groups in total. The molecule has 2 atom stereocenters. The van der Waals surface area contributed by atoms with Crippen molar-refractivity contribution >= 4 is 46.1 Å². The highest BCUT2D eigenvalue weighted by molar-refractivity contribution is 8.00. The maximum Gasteiger partial charge on any atom is 0.310 e. The van der Waals surface area contributed by atoms with Gasteiger partial charge in [0, 0.05) is 23.5 Å². The Morgan fingerprint density at radius 1 is 1.16 bits per heavy atom. The van der Waals surface area contributed by atoms with Crippen LogP contribution in [0.1, 0.15) is 17.2 Å². The summed E-state index contributed by atoms with van der Waals surface area (Å²) in [5, 5.41) is 1.57. The third kappa shape index (κ3) is 4.69. The van der Waals surface area contributed by atoms with Crippen LogP contribution in [-0.4, -0.2) is 49.1 Å². The Morgan fingerprint density at radius 2 is 1.94 bits per heavy atom. The van der Waals surface area contributed by atoms with Crippen LogP contribution in [0.5, 0.6) is 5.75 Å². The van der Waals surface area contributed by atoms with Crippen LogP contribution in [0.25, 0.3) is 10.9 Å². The minimum Gasteiger partial charge on any atom is -0.494 e. The van der Waals surface area contributed by atoms with Crippen molar-refractivity contribution in [3.8, 4) is 5.75 Å². The summed E-state index contributed by atoms with van der Waals surface area (Å²) in [6, 6.07) is 16.9. The predicted molar refractivity (Wildman–Crippen MR) is 125 cm³/mol. The highest BCUT2D eigenvalue weighted by Gasteiger charge is 2.36. The second kappa shape index (κ2) is 9.79. The number of nitrogens with zero attached hydrogens (tertiary/aromatic N) is 2. The van der Waals surface area contributed by atoms with E-state index in [-0.39, 0.29) is 17.8 Å². The molecule has 2 heterocycles. The normalized spacial score (nSPS) is 16.7. The molecule has 1 fully saturated rings. The molecular weight excluding hydrogens is 448 g/mol. The molecule has 166 valence electrons. The maximum absolute atomic E-state index is 13.6. The molecule has 2 aromatic carbocycles. The van der Waals surface area contributed by atoms with Gasteiger partial charge in [0.2, 0.25) is 5.91 Å². The number of hydrogen-bond acceptors (Lipinski definition) is 6. The first kappa shape index (κ1) is 22.4. The quantitative estimate of drug-likeness (QED) is 0.382. The Morgan fingerprint density at radius 3 is 2.66 bits per heavy atom. The highest BCUT2D eigenvalue weighted by Crippen LogP contribution is 2.42. The van der Waals surface area contributed by atoms with Gasteiger partial charge in [-0.2, -0.15) is 0 Å². The molecule has 32 heavy (non-hydrogen) atoms. The fourth-order valence-corrected chi connectivity index (χ4v) is 5.18. The zero-order valence-corrected chi connectivity index (χ0v) is 19.4. The number of fused-ring (bicyclic) bond motifs is 1.